The minimum Gasteiger partial charge on any atom is -0.463 e. The zero-order chi connectivity index (χ0) is 10.9. The zero-order valence-corrected chi connectivity index (χ0v) is 10.3. The van der Waals surface area contributed by atoms with E-state index in [0.29, 0.717) is 0 Å². The Morgan fingerprint density at radius 2 is 1.62 bits per heavy atom. The minimum atomic E-state index is -0.463. The number of aliphatic hydroxyl groups is 1. The number of hydrogen-bond acceptors (Lipinski definition) is 3. The summed E-state index contributed by atoms with van der Waals surface area (Å²) in [5, 5.41) is 8.30. The Morgan fingerprint density at radius 3 is 1.81 bits per heavy atom. The van der Waals surface area contributed by atoms with Crippen LogP contribution in [0.3, 0.4) is 0 Å². The standard InChI is InChI=1S/C7H14O3.C3H4.3H2O/c1-7(2,3)6(9)10-5-4-8;1-3-2;;;/h8H,4-5H2,1-3H3;1H,2H3;3*1H2. The first-order valence-electron chi connectivity index (χ1n) is 4.05. The van der Waals surface area contributed by atoms with Crippen molar-refractivity contribution in [3.05, 3.63) is 0 Å². The van der Waals surface area contributed by atoms with Crippen molar-refractivity contribution in [1.29, 1.82) is 0 Å². The summed E-state index contributed by atoms with van der Waals surface area (Å²) in [7, 11) is 0. The molecule has 0 aromatic carbocycles. The van der Waals surface area contributed by atoms with E-state index in [1.54, 1.807) is 27.7 Å². The molecule has 0 aromatic rings. The topological polar surface area (TPSA) is 141 Å². The van der Waals surface area contributed by atoms with Gasteiger partial charge in [0.25, 0.3) is 0 Å². The van der Waals surface area contributed by atoms with E-state index >= 15 is 0 Å². The van der Waals surface area contributed by atoms with Crippen molar-refractivity contribution < 1.29 is 31.1 Å². The fourth-order valence-corrected chi connectivity index (χ4v) is 0.355. The van der Waals surface area contributed by atoms with Crippen molar-refractivity contribution in [2.75, 3.05) is 13.2 Å². The molecule has 0 fully saturated rings. The summed E-state index contributed by atoms with van der Waals surface area (Å²) in [6, 6.07) is 0. The fourth-order valence-electron chi connectivity index (χ4n) is 0.355. The van der Waals surface area contributed by atoms with Gasteiger partial charge in [0, 0.05) is 0 Å². The molecule has 0 unspecified atom stereocenters. The summed E-state index contributed by atoms with van der Waals surface area (Å²) in [5.41, 5.74) is -0.463. The van der Waals surface area contributed by atoms with Gasteiger partial charge in [0.1, 0.15) is 6.61 Å². The molecule has 0 bridgehead atoms. The van der Waals surface area contributed by atoms with E-state index in [9.17, 15) is 4.79 Å². The van der Waals surface area contributed by atoms with Crippen LogP contribution >= 0.6 is 0 Å². The number of esters is 1. The molecule has 0 rings (SSSR count). The van der Waals surface area contributed by atoms with Crippen LogP contribution in [0.2, 0.25) is 0 Å². The molecular weight excluding hydrogens is 216 g/mol. The number of carbonyl (C=O) groups is 1. The first-order chi connectivity index (χ1) is 5.90. The molecule has 16 heavy (non-hydrogen) atoms. The Kier molecular flexibility index (Phi) is 29.9. The molecule has 0 aliphatic heterocycles. The van der Waals surface area contributed by atoms with Crippen molar-refractivity contribution in [2.45, 2.75) is 27.7 Å². The highest BCUT2D eigenvalue weighted by molar-refractivity contribution is 5.75. The number of hydrogen-bond donors (Lipinski definition) is 1. The van der Waals surface area contributed by atoms with Gasteiger partial charge in [0.05, 0.1) is 12.0 Å². The predicted molar refractivity (Wildman–Crippen MR) is 62.8 cm³/mol. The first kappa shape index (κ1) is 29.4. The maximum absolute atomic E-state index is 10.9. The van der Waals surface area contributed by atoms with E-state index in [1.807, 2.05) is 0 Å². The molecule has 0 amide bonds. The highest BCUT2D eigenvalue weighted by Crippen LogP contribution is 2.14. The summed E-state index contributed by atoms with van der Waals surface area (Å²) in [5.74, 6) is 1.97. The molecule has 0 aromatic heterocycles. The monoisotopic (exact) mass is 240 g/mol. The molecular formula is C10H24O6. The SMILES string of the molecule is C#CC.CC(C)(C)C(=O)OCCO.O.O.O. The van der Waals surface area contributed by atoms with Gasteiger partial charge in [-0.1, -0.05) is 0 Å². The summed E-state index contributed by atoms with van der Waals surface area (Å²) in [6.07, 6.45) is 4.60. The van der Waals surface area contributed by atoms with Crippen molar-refractivity contribution in [2.24, 2.45) is 5.41 Å². The number of aliphatic hydroxyl groups excluding tert-OH is 1. The van der Waals surface area contributed by atoms with Crippen LogP contribution in [0.25, 0.3) is 0 Å². The van der Waals surface area contributed by atoms with Crippen LogP contribution in [0.4, 0.5) is 0 Å². The van der Waals surface area contributed by atoms with Crippen LogP contribution in [-0.4, -0.2) is 40.7 Å². The number of terminal acetylenes is 1. The predicted octanol–water partition coefficient (Wildman–Crippen LogP) is -1.27. The minimum absolute atomic E-state index is 0. The lowest BCUT2D eigenvalue weighted by Crippen LogP contribution is -2.24. The Hall–Kier alpha value is -1.13. The number of ether oxygens (including phenoxy) is 1. The van der Waals surface area contributed by atoms with E-state index in [4.69, 9.17) is 5.11 Å². The third-order valence-corrected chi connectivity index (χ3v) is 0.937. The highest BCUT2D eigenvalue weighted by Gasteiger charge is 2.22. The molecule has 6 heteroatoms. The summed E-state index contributed by atoms with van der Waals surface area (Å²) < 4.78 is 4.67. The molecule has 0 aliphatic carbocycles. The normalized spacial score (nSPS) is 7.50. The highest BCUT2D eigenvalue weighted by atomic mass is 16.5. The average molecular weight is 240 g/mol. The van der Waals surface area contributed by atoms with Crippen LogP contribution in [0.15, 0.2) is 0 Å². The number of carbonyl (C=O) groups excluding carboxylic acids is 1. The van der Waals surface area contributed by atoms with Crippen LogP contribution in [0.1, 0.15) is 27.7 Å². The van der Waals surface area contributed by atoms with Gasteiger partial charge < -0.3 is 26.3 Å². The fraction of sp³-hybridized carbons (Fsp3) is 0.700. The Balaban J connectivity index is -0.0000000606. The molecule has 0 aliphatic rings. The van der Waals surface area contributed by atoms with Gasteiger partial charge >= 0.3 is 5.97 Å². The van der Waals surface area contributed by atoms with E-state index < -0.39 is 5.41 Å². The van der Waals surface area contributed by atoms with Gasteiger partial charge in [-0.2, -0.15) is 0 Å². The van der Waals surface area contributed by atoms with Crippen LogP contribution in [0, 0.1) is 17.8 Å². The molecule has 0 saturated carbocycles. The lowest BCUT2D eigenvalue weighted by Gasteiger charge is -2.15. The summed E-state index contributed by atoms with van der Waals surface area (Å²) in [6.45, 7) is 6.95. The summed E-state index contributed by atoms with van der Waals surface area (Å²) in [4.78, 5) is 10.9. The van der Waals surface area contributed by atoms with Crippen molar-refractivity contribution >= 4 is 5.97 Å². The third-order valence-electron chi connectivity index (χ3n) is 0.937. The van der Waals surface area contributed by atoms with Crippen molar-refractivity contribution in [3.63, 3.8) is 0 Å². The maximum atomic E-state index is 10.9. The first-order valence-corrected chi connectivity index (χ1v) is 4.05. The third kappa shape index (κ3) is 23.0. The van der Waals surface area contributed by atoms with Crippen LogP contribution < -0.4 is 0 Å². The Morgan fingerprint density at radius 1 is 1.31 bits per heavy atom. The Labute approximate surface area is 96.5 Å². The second kappa shape index (κ2) is 16.3. The quantitative estimate of drug-likeness (QED) is 0.475. The molecule has 0 saturated heterocycles. The van der Waals surface area contributed by atoms with Crippen molar-refractivity contribution in [3.8, 4) is 12.3 Å². The lowest BCUT2D eigenvalue weighted by atomic mass is 9.97. The molecule has 7 N–H and O–H groups in total. The van der Waals surface area contributed by atoms with Gasteiger partial charge in [0.15, 0.2) is 0 Å². The maximum Gasteiger partial charge on any atom is 0.311 e. The van der Waals surface area contributed by atoms with Crippen molar-refractivity contribution in [1.82, 2.24) is 0 Å². The van der Waals surface area contributed by atoms with Crippen LogP contribution in [-0.2, 0) is 9.53 Å². The molecule has 0 atom stereocenters. The molecule has 6 nitrogen and oxygen atoms in total. The zero-order valence-electron chi connectivity index (χ0n) is 10.3. The molecule has 0 heterocycles. The average Bonchev–Trinajstić information content (AvgIpc) is 1.99. The van der Waals surface area contributed by atoms with Gasteiger partial charge in [-0.15, -0.1) is 12.3 Å². The number of rotatable bonds is 2. The van der Waals surface area contributed by atoms with Gasteiger partial charge in [-0.05, 0) is 27.7 Å². The smallest absolute Gasteiger partial charge is 0.311 e. The van der Waals surface area contributed by atoms with Crippen LogP contribution in [0.5, 0.6) is 0 Å². The second-order valence-corrected chi connectivity index (χ2v) is 3.40. The molecule has 100 valence electrons. The van der Waals surface area contributed by atoms with E-state index in [1.165, 1.54) is 0 Å². The molecule has 0 radical (unpaired) electrons. The van der Waals surface area contributed by atoms with Gasteiger partial charge in [-0.3, -0.25) is 4.79 Å². The Bertz CT molecular complexity index is 177. The largest absolute Gasteiger partial charge is 0.463 e. The van der Waals surface area contributed by atoms with Gasteiger partial charge in [-0.25, -0.2) is 0 Å². The second-order valence-electron chi connectivity index (χ2n) is 3.40. The molecule has 0 spiro atoms. The lowest BCUT2D eigenvalue weighted by molar-refractivity contribution is -0.153. The van der Waals surface area contributed by atoms with Gasteiger partial charge in [0.2, 0.25) is 0 Å². The van der Waals surface area contributed by atoms with E-state index in [2.05, 4.69) is 17.1 Å². The van der Waals surface area contributed by atoms with E-state index in [-0.39, 0.29) is 35.6 Å². The van der Waals surface area contributed by atoms with E-state index in [0.717, 1.165) is 0 Å². The summed E-state index contributed by atoms with van der Waals surface area (Å²) >= 11 is 0.